The third kappa shape index (κ3) is 3.46. The van der Waals surface area contributed by atoms with E-state index in [0.29, 0.717) is 33.4 Å². The Hall–Kier alpha value is -3.61. The third-order valence-electron chi connectivity index (χ3n) is 4.41. The van der Waals surface area contributed by atoms with E-state index < -0.39 is 0 Å². The van der Waals surface area contributed by atoms with E-state index in [0.717, 1.165) is 0 Å². The van der Waals surface area contributed by atoms with Crippen LogP contribution in [0.25, 0.3) is 22.3 Å². The van der Waals surface area contributed by atoms with Gasteiger partial charge in [-0.3, -0.25) is 9.48 Å². The van der Waals surface area contributed by atoms with Gasteiger partial charge in [0.2, 0.25) is 0 Å². The molecule has 4 aromatic rings. The molecule has 0 bridgehead atoms. The number of aryl methyl sites for hydroxylation is 1. The van der Waals surface area contributed by atoms with Gasteiger partial charge in [-0.25, -0.2) is 13.8 Å². The molecule has 0 aliphatic rings. The van der Waals surface area contributed by atoms with Crippen molar-refractivity contribution in [1.29, 1.82) is 0 Å². The van der Waals surface area contributed by atoms with Crippen LogP contribution in [0.5, 0.6) is 0 Å². The second kappa shape index (κ2) is 7.19. The maximum Gasteiger partial charge on any atom is 0.252 e. The quantitative estimate of drug-likeness (QED) is 0.587. The number of fused-ring (bicyclic) bond motifs is 1. The Morgan fingerprint density at radius 3 is 2.57 bits per heavy atom. The van der Waals surface area contributed by atoms with Gasteiger partial charge in [-0.1, -0.05) is 24.3 Å². The molecule has 2 heterocycles. The van der Waals surface area contributed by atoms with Gasteiger partial charge in [-0.2, -0.15) is 5.10 Å². The summed E-state index contributed by atoms with van der Waals surface area (Å²) in [4.78, 5) is 17.4. The average molecular weight is 378 g/mol. The molecule has 2 aromatic heterocycles. The maximum absolute atomic E-state index is 13.6. The van der Waals surface area contributed by atoms with Crippen molar-refractivity contribution >= 4 is 16.9 Å². The van der Waals surface area contributed by atoms with Gasteiger partial charge in [0.25, 0.3) is 5.91 Å². The van der Waals surface area contributed by atoms with E-state index in [1.807, 2.05) is 0 Å². The van der Waals surface area contributed by atoms with Crippen LogP contribution in [-0.2, 0) is 13.6 Å². The number of nitrogens with zero attached hydrogens (tertiary/aromatic N) is 3. The fourth-order valence-corrected chi connectivity index (χ4v) is 3.02. The first-order valence-electron chi connectivity index (χ1n) is 8.62. The number of amides is 1. The molecular formula is C21H16F2N4O. The third-order valence-corrected chi connectivity index (χ3v) is 4.41. The highest BCUT2D eigenvalue weighted by molar-refractivity contribution is 6.06. The molecule has 5 nitrogen and oxygen atoms in total. The standard InChI is InChI=1S/C21H16F2N4O/c1-27-20-18(12-25-27)17(10-19(26-20)14-5-3-7-16(23)9-14)21(28)24-11-13-4-2-6-15(22)8-13/h2-10,12H,11H2,1H3,(H,24,28). The van der Waals surface area contributed by atoms with Gasteiger partial charge in [0.05, 0.1) is 22.8 Å². The molecule has 0 atom stereocenters. The molecule has 0 fully saturated rings. The highest BCUT2D eigenvalue weighted by atomic mass is 19.1. The van der Waals surface area contributed by atoms with Crippen molar-refractivity contribution in [2.45, 2.75) is 6.54 Å². The number of benzene rings is 2. The zero-order valence-electron chi connectivity index (χ0n) is 15.0. The van der Waals surface area contributed by atoms with Gasteiger partial charge in [0.1, 0.15) is 11.6 Å². The summed E-state index contributed by atoms with van der Waals surface area (Å²) in [6.45, 7) is 0.177. The molecule has 1 N–H and O–H groups in total. The first-order valence-corrected chi connectivity index (χ1v) is 8.62. The van der Waals surface area contributed by atoms with Crippen molar-refractivity contribution in [3.8, 4) is 11.3 Å². The van der Waals surface area contributed by atoms with Crippen molar-refractivity contribution < 1.29 is 13.6 Å². The number of carbonyl (C=O) groups excluding carboxylic acids is 1. The fraction of sp³-hybridized carbons (Fsp3) is 0.0952. The Bertz CT molecular complexity index is 1190. The van der Waals surface area contributed by atoms with Crippen LogP contribution < -0.4 is 5.32 Å². The van der Waals surface area contributed by atoms with E-state index in [1.54, 1.807) is 48.3 Å². The first kappa shape index (κ1) is 17.8. The molecule has 4 rings (SSSR count). The molecule has 0 spiro atoms. The van der Waals surface area contributed by atoms with Crippen LogP contribution in [0.4, 0.5) is 8.78 Å². The van der Waals surface area contributed by atoms with E-state index in [2.05, 4.69) is 15.4 Å². The van der Waals surface area contributed by atoms with Gasteiger partial charge in [0, 0.05) is 19.2 Å². The van der Waals surface area contributed by atoms with E-state index in [1.165, 1.54) is 24.3 Å². The number of hydrogen-bond acceptors (Lipinski definition) is 3. The van der Waals surface area contributed by atoms with Crippen LogP contribution in [0.3, 0.4) is 0 Å². The molecule has 0 unspecified atom stereocenters. The Labute approximate surface area is 159 Å². The summed E-state index contributed by atoms with van der Waals surface area (Å²) < 4.78 is 28.5. The molecule has 0 saturated carbocycles. The SMILES string of the molecule is Cn1ncc2c(C(=O)NCc3cccc(F)c3)cc(-c3cccc(F)c3)nc21. The average Bonchev–Trinajstić information content (AvgIpc) is 3.06. The van der Waals surface area contributed by atoms with E-state index in [-0.39, 0.29) is 24.1 Å². The summed E-state index contributed by atoms with van der Waals surface area (Å²) in [5, 5.41) is 7.54. The lowest BCUT2D eigenvalue weighted by molar-refractivity contribution is 0.0952. The van der Waals surface area contributed by atoms with E-state index in [4.69, 9.17) is 0 Å². The lowest BCUT2D eigenvalue weighted by Crippen LogP contribution is -2.23. The van der Waals surface area contributed by atoms with E-state index >= 15 is 0 Å². The number of halogens is 2. The predicted octanol–water partition coefficient (Wildman–Crippen LogP) is 3.84. The molecule has 140 valence electrons. The highest BCUT2D eigenvalue weighted by Gasteiger charge is 2.17. The predicted molar refractivity (Wildman–Crippen MR) is 101 cm³/mol. The minimum absolute atomic E-state index is 0.177. The number of nitrogens with one attached hydrogen (secondary N) is 1. The monoisotopic (exact) mass is 378 g/mol. The molecule has 2 aromatic carbocycles. The molecule has 0 aliphatic heterocycles. The normalized spacial score (nSPS) is 11.0. The molecular weight excluding hydrogens is 362 g/mol. The highest BCUT2D eigenvalue weighted by Crippen LogP contribution is 2.25. The zero-order valence-corrected chi connectivity index (χ0v) is 15.0. The number of carbonyl (C=O) groups is 1. The van der Waals surface area contributed by atoms with Gasteiger partial charge in [-0.15, -0.1) is 0 Å². The summed E-state index contributed by atoms with van der Waals surface area (Å²) in [5.74, 6) is -1.09. The molecule has 0 aliphatic carbocycles. The van der Waals surface area contributed by atoms with Crippen molar-refractivity contribution in [2.24, 2.45) is 7.05 Å². The summed E-state index contributed by atoms with van der Waals surface area (Å²) in [6, 6.07) is 13.7. The summed E-state index contributed by atoms with van der Waals surface area (Å²) in [5.41, 5.74) is 2.55. The Balaban J connectivity index is 1.72. The molecule has 0 radical (unpaired) electrons. The molecule has 7 heteroatoms. The van der Waals surface area contributed by atoms with Gasteiger partial charge in [-0.05, 0) is 35.9 Å². The Morgan fingerprint density at radius 2 is 1.82 bits per heavy atom. The Morgan fingerprint density at radius 1 is 1.07 bits per heavy atom. The largest absolute Gasteiger partial charge is 0.348 e. The van der Waals surface area contributed by atoms with Crippen molar-refractivity contribution in [2.75, 3.05) is 0 Å². The van der Waals surface area contributed by atoms with Crippen LogP contribution in [0.15, 0.2) is 60.8 Å². The zero-order chi connectivity index (χ0) is 19.7. The molecule has 1 amide bonds. The number of aromatic nitrogens is 3. The minimum Gasteiger partial charge on any atom is -0.348 e. The second-order valence-electron chi connectivity index (χ2n) is 6.38. The minimum atomic E-state index is -0.387. The van der Waals surface area contributed by atoms with Crippen LogP contribution in [0.1, 0.15) is 15.9 Å². The number of rotatable bonds is 4. The van der Waals surface area contributed by atoms with Gasteiger partial charge >= 0.3 is 0 Å². The summed E-state index contributed by atoms with van der Waals surface area (Å²) in [7, 11) is 1.72. The molecule has 0 saturated heterocycles. The first-order chi connectivity index (χ1) is 13.5. The lowest BCUT2D eigenvalue weighted by Gasteiger charge is -2.09. The number of pyridine rings is 1. The van der Waals surface area contributed by atoms with Crippen LogP contribution in [0.2, 0.25) is 0 Å². The smallest absolute Gasteiger partial charge is 0.252 e. The van der Waals surface area contributed by atoms with Crippen molar-refractivity contribution in [3.05, 3.63) is 83.6 Å². The second-order valence-corrected chi connectivity index (χ2v) is 6.38. The fourth-order valence-electron chi connectivity index (χ4n) is 3.02. The van der Waals surface area contributed by atoms with E-state index in [9.17, 15) is 13.6 Å². The van der Waals surface area contributed by atoms with Crippen LogP contribution in [-0.4, -0.2) is 20.7 Å². The summed E-state index contributed by atoms with van der Waals surface area (Å²) in [6.07, 6.45) is 1.56. The number of hydrogen-bond donors (Lipinski definition) is 1. The van der Waals surface area contributed by atoms with Gasteiger partial charge < -0.3 is 5.32 Å². The molecule has 28 heavy (non-hydrogen) atoms. The van der Waals surface area contributed by atoms with Gasteiger partial charge in [0.15, 0.2) is 5.65 Å². The maximum atomic E-state index is 13.6. The Kier molecular flexibility index (Phi) is 4.57. The topological polar surface area (TPSA) is 59.8 Å². The summed E-state index contributed by atoms with van der Waals surface area (Å²) >= 11 is 0. The van der Waals surface area contributed by atoms with Crippen molar-refractivity contribution in [1.82, 2.24) is 20.1 Å². The lowest BCUT2D eigenvalue weighted by atomic mass is 10.1. The van der Waals surface area contributed by atoms with Crippen LogP contribution >= 0.6 is 0 Å². The van der Waals surface area contributed by atoms with Crippen molar-refractivity contribution in [3.63, 3.8) is 0 Å². The van der Waals surface area contributed by atoms with Crippen LogP contribution in [0, 0.1) is 11.6 Å².